The summed E-state index contributed by atoms with van der Waals surface area (Å²) in [6.07, 6.45) is 6.10. The molecule has 4 aliphatic heterocycles. The lowest BCUT2D eigenvalue weighted by molar-refractivity contribution is -0.154. The highest BCUT2D eigenvalue weighted by atomic mass is 28.4. The van der Waals surface area contributed by atoms with Gasteiger partial charge >= 0.3 is 5.97 Å². The van der Waals surface area contributed by atoms with Crippen molar-refractivity contribution < 1.29 is 38.6 Å². The third-order valence-electron chi connectivity index (χ3n) is 10.5. The van der Waals surface area contributed by atoms with E-state index in [9.17, 15) is 29.1 Å². The van der Waals surface area contributed by atoms with Crippen molar-refractivity contribution in [3.05, 3.63) is 47.1 Å². The number of carbonyl (C=O) groups is 4. The summed E-state index contributed by atoms with van der Waals surface area (Å²) in [7, 11) is -3.04. The Labute approximate surface area is 284 Å². The molecule has 0 bridgehead atoms. The zero-order chi connectivity index (χ0) is 35.1. The summed E-state index contributed by atoms with van der Waals surface area (Å²) in [5, 5.41) is 9.88. The van der Waals surface area contributed by atoms with Crippen molar-refractivity contribution in [2.75, 3.05) is 29.5 Å². The Morgan fingerprint density at radius 1 is 1.15 bits per heavy atom. The van der Waals surface area contributed by atoms with E-state index >= 15 is 0 Å². The number of ether oxygens (including phenoxy) is 2. The number of rotatable bonds is 11. The maximum Gasteiger partial charge on any atom is 0.304 e. The van der Waals surface area contributed by atoms with Gasteiger partial charge in [-0.1, -0.05) is 30.2 Å². The number of likely N-dealkylation sites (tertiary alicyclic amines) is 1. The monoisotopic (exact) mass is 681 g/mol. The van der Waals surface area contributed by atoms with Gasteiger partial charge in [-0.25, -0.2) is 0 Å². The fourth-order valence-electron chi connectivity index (χ4n) is 8.16. The molecule has 2 N–H and O–H groups in total. The normalized spacial score (nSPS) is 28.6. The van der Waals surface area contributed by atoms with Crippen LogP contribution in [0.5, 0.6) is 0 Å². The van der Waals surface area contributed by atoms with Gasteiger partial charge in [-0.15, -0.1) is 0 Å². The van der Waals surface area contributed by atoms with Crippen molar-refractivity contribution in [2.24, 2.45) is 5.92 Å². The molecule has 262 valence electrons. The molecule has 3 saturated heterocycles. The van der Waals surface area contributed by atoms with Crippen molar-refractivity contribution in [2.45, 2.75) is 116 Å². The first-order chi connectivity index (χ1) is 22.6. The van der Waals surface area contributed by atoms with Gasteiger partial charge in [0.25, 0.3) is 5.91 Å². The maximum absolute atomic E-state index is 14.8. The van der Waals surface area contributed by atoms with Crippen LogP contribution in [-0.4, -0.2) is 84.9 Å². The van der Waals surface area contributed by atoms with E-state index in [2.05, 4.69) is 19.9 Å². The fourth-order valence-corrected chi connectivity index (χ4v) is 10.7. The Balaban J connectivity index is 1.55. The number of nitrogens with zero attached hydrogens (tertiary/aromatic N) is 3. The van der Waals surface area contributed by atoms with E-state index in [1.165, 1.54) is 17.4 Å². The van der Waals surface area contributed by atoms with Gasteiger partial charge in [0.15, 0.2) is 20.1 Å². The molecule has 0 aliphatic carbocycles. The first-order valence-corrected chi connectivity index (χ1v) is 20.2. The summed E-state index contributed by atoms with van der Waals surface area (Å²) in [4.78, 5) is 69.6. The van der Waals surface area contributed by atoms with Gasteiger partial charge in [-0.2, -0.15) is 0 Å². The van der Waals surface area contributed by atoms with E-state index < -0.39 is 43.7 Å². The van der Waals surface area contributed by atoms with Gasteiger partial charge in [-0.05, 0) is 77.7 Å². The standard InChI is InChI=1S/C36H51N3O8Si/c1-22(2)10-8-11-23(3)15-17-38-29-14-13-26(39-32(43)20-33(39)46-25(5)41)18-28(29)36(35(38)44)24(4)34(48(6,7)45)30(47-36)19-31(42)37-16-9-12-27(37)21-40/h10,13-15,18,24,27,30,33-34,40,45H,8-9,11-12,16-17,19-21H2,1-7H3/b23-15+/t24-,27-,30+,33?,34-,36+/m0/s1. The molecule has 5 rings (SSSR count). The molecule has 11 nitrogen and oxygen atoms in total. The average molecular weight is 682 g/mol. The minimum Gasteiger partial charge on any atom is -0.441 e. The van der Waals surface area contributed by atoms with Crippen LogP contribution in [-0.2, 0) is 34.3 Å². The van der Waals surface area contributed by atoms with Gasteiger partial charge in [0, 0.05) is 42.7 Å². The number of aliphatic hydroxyl groups is 1. The summed E-state index contributed by atoms with van der Waals surface area (Å²) in [5.41, 5.74) is 2.12. The Morgan fingerprint density at radius 3 is 2.50 bits per heavy atom. The van der Waals surface area contributed by atoms with E-state index in [0.717, 1.165) is 31.3 Å². The fraction of sp³-hybridized carbons (Fsp3) is 0.611. The lowest BCUT2D eigenvalue weighted by Crippen LogP contribution is -2.55. The molecule has 48 heavy (non-hydrogen) atoms. The van der Waals surface area contributed by atoms with Crippen LogP contribution in [0.25, 0.3) is 0 Å². The molecule has 1 unspecified atom stereocenters. The number of fused-ring (bicyclic) bond motifs is 2. The average Bonchev–Trinajstić information content (AvgIpc) is 3.65. The van der Waals surface area contributed by atoms with Crippen molar-refractivity contribution in [1.29, 1.82) is 0 Å². The van der Waals surface area contributed by atoms with Crippen LogP contribution in [0, 0.1) is 5.92 Å². The van der Waals surface area contributed by atoms with Crippen molar-refractivity contribution in [1.82, 2.24) is 4.90 Å². The van der Waals surface area contributed by atoms with Crippen LogP contribution in [0.3, 0.4) is 0 Å². The number of amides is 3. The van der Waals surface area contributed by atoms with Gasteiger partial charge < -0.3 is 29.2 Å². The predicted molar refractivity (Wildman–Crippen MR) is 184 cm³/mol. The number of hydrogen-bond acceptors (Lipinski definition) is 8. The highest BCUT2D eigenvalue weighted by molar-refractivity contribution is 6.71. The molecule has 0 aromatic heterocycles. The minimum atomic E-state index is -3.04. The molecule has 3 fully saturated rings. The minimum absolute atomic E-state index is 0.0188. The smallest absolute Gasteiger partial charge is 0.304 e. The SMILES string of the molecule is CC(=O)OC1CC(=O)N1c1ccc2c(c1)[C@@]1(O[C@H](CC(=O)N3CCC[C@H]3CO)[C@@H]([Si](C)(C)O)[C@@H]1C)C(=O)N2C/C=C(\C)CCC=C(C)C. The number of carbonyl (C=O) groups excluding carboxylic acids is 4. The van der Waals surface area contributed by atoms with Crippen molar-refractivity contribution in [3.8, 4) is 0 Å². The second-order valence-electron chi connectivity index (χ2n) is 14.6. The third-order valence-corrected chi connectivity index (χ3v) is 13.0. The van der Waals surface area contributed by atoms with Crippen LogP contribution >= 0.6 is 0 Å². The van der Waals surface area contributed by atoms with Crippen molar-refractivity contribution >= 4 is 43.4 Å². The zero-order valence-corrected chi connectivity index (χ0v) is 30.3. The summed E-state index contributed by atoms with van der Waals surface area (Å²) in [6, 6.07) is 5.09. The number of benzene rings is 1. The molecule has 12 heteroatoms. The number of esters is 1. The van der Waals surface area contributed by atoms with Gasteiger partial charge in [0.1, 0.15) is 0 Å². The second-order valence-corrected chi connectivity index (χ2v) is 18.6. The molecule has 1 spiro atoms. The largest absolute Gasteiger partial charge is 0.441 e. The van der Waals surface area contributed by atoms with Crippen molar-refractivity contribution in [3.63, 3.8) is 0 Å². The van der Waals surface area contributed by atoms with Crippen LogP contribution in [0.4, 0.5) is 11.4 Å². The predicted octanol–water partition coefficient (Wildman–Crippen LogP) is 4.52. The number of allylic oxidation sites excluding steroid dienone is 3. The highest BCUT2D eigenvalue weighted by Gasteiger charge is 2.66. The van der Waals surface area contributed by atoms with Gasteiger partial charge in [0.2, 0.25) is 11.8 Å². The molecule has 0 radical (unpaired) electrons. The molecule has 6 atom stereocenters. The summed E-state index contributed by atoms with van der Waals surface area (Å²) in [5.74, 6) is -1.64. The molecule has 4 aliphatic rings. The molecular weight excluding hydrogens is 630 g/mol. The Hall–Kier alpha value is -3.32. The van der Waals surface area contributed by atoms with Gasteiger partial charge in [-0.3, -0.25) is 24.1 Å². The lowest BCUT2D eigenvalue weighted by Gasteiger charge is -2.39. The first-order valence-electron chi connectivity index (χ1n) is 17.1. The summed E-state index contributed by atoms with van der Waals surface area (Å²) >= 11 is 0. The third kappa shape index (κ3) is 6.64. The highest BCUT2D eigenvalue weighted by Crippen LogP contribution is 2.60. The maximum atomic E-state index is 14.8. The van der Waals surface area contributed by atoms with Crippen LogP contribution < -0.4 is 9.80 Å². The Kier molecular flexibility index (Phi) is 10.4. The van der Waals surface area contributed by atoms with Crippen LogP contribution in [0.1, 0.15) is 78.7 Å². The second kappa shape index (κ2) is 13.9. The van der Waals surface area contributed by atoms with E-state index in [0.29, 0.717) is 30.0 Å². The molecular formula is C36H51N3O8Si. The topological polar surface area (TPSA) is 137 Å². The Bertz CT molecular complexity index is 1510. The number of hydrogen-bond donors (Lipinski definition) is 2. The number of aliphatic hydroxyl groups excluding tert-OH is 1. The lowest BCUT2D eigenvalue weighted by atomic mass is 9.82. The number of anilines is 2. The molecule has 1 aromatic carbocycles. The van der Waals surface area contributed by atoms with E-state index in [1.54, 1.807) is 28.0 Å². The van der Waals surface area contributed by atoms with Crippen LogP contribution in [0.2, 0.25) is 18.6 Å². The van der Waals surface area contributed by atoms with E-state index in [-0.39, 0.29) is 43.2 Å². The van der Waals surface area contributed by atoms with E-state index in [4.69, 9.17) is 9.47 Å². The molecule has 0 saturated carbocycles. The summed E-state index contributed by atoms with van der Waals surface area (Å²) < 4.78 is 12.3. The Morgan fingerprint density at radius 2 is 1.88 bits per heavy atom. The van der Waals surface area contributed by atoms with Gasteiger partial charge in [0.05, 0.1) is 37.3 Å². The molecule has 3 amide bonds. The van der Waals surface area contributed by atoms with Crippen LogP contribution in [0.15, 0.2) is 41.5 Å². The molecule has 4 heterocycles. The molecule has 1 aromatic rings. The summed E-state index contributed by atoms with van der Waals surface area (Å²) in [6.45, 7) is 13.8. The van der Waals surface area contributed by atoms with E-state index in [1.807, 2.05) is 33.0 Å². The number of β-lactam (4-membered cyclic amide) rings is 1. The quantitative estimate of drug-likeness (QED) is 0.151. The first kappa shape index (κ1) is 36.0. The zero-order valence-electron chi connectivity index (χ0n) is 29.3.